The van der Waals surface area contributed by atoms with Crippen molar-refractivity contribution in [3.8, 4) is 0 Å². The standard InChI is InChI=1S/C20H24F3N5O2/c1-13-10-25-17(26-13)12-27(2)18(29)9-16-19(30)24-7-8-28(16)11-14-5-3-4-6-15(14)20(21,22)23/h3-6,10,16H,7-9,11-12H2,1-2H3,(H,24,30)(H,25,26)/t16-/m1/s1. The molecule has 0 saturated carbocycles. The number of aryl methyl sites for hydroxylation is 1. The van der Waals surface area contributed by atoms with Crippen LogP contribution < -0.4 is 5.32 Å². The van der Waals surface area contributed by atoms with E-state index in [4.69, 9.17) is 0 Å². The molecule has 7 nitrogen and oxygen atoms in total. The van der Waals surface area contributed by atoms with Crippen molar-refractivity contribution in [3.63, 3.8) is 0 Å². The number of piperazine rings is 1. The summed E-state index contributed by atoms with van der Waals surface area (Å²) in [5, 5.41) is 2.70. The highest BCUT2D eigenvalue weighted by Crippen LogP contribution is 2.32. The summed E-state index contributed by atoms with van der Waals surface area (Å²) in [4.78, 5) is 35.4. The van der Waals surface area contributed by atoms with Gasteiger partial charge in [0.1, 0.15) is 5.82 Å². The van der Waals surface area contributed by atoms with Gasteiger partial charge >= 0.3 is 6.18 Å². The highest BCUT2D eigenvalue weighted by atomic mass is 19.4. The van der Waals surface area contributed by atoms with E-state index in [-0.39, 0.29) is 36.9 Å². The fraction of sp³-hybridized carbons (Fsp3) is 0.450. The topological polar surface area (TPSA) is 81.3 Å². The van der Waals surface area contributed by atoms with Crippen LogP contribution in [0.1, 0.15) is 29.1 Å². The van der Waals surface area contributed by atoms with Crippen molar-refractivity contribution in [1.82, 2.24) is 25.1 Å². The number of hydrogen-bond donors (Lipinski definition) is 2. The van der Waals surface area contributed by atoms with Gasteiger partial charge in [-0.2, -0.15) is 13.2 Å². The Morgan fingerprint density at radius 1 is 1.33 bits per heavy atom. The molecule has 0 unspecified atom stereocenters. The Hall–Kier alpha value is -2.88. The van der Waals surface area contributed by atoms with E-state index in [9.17, 15) is 22.8 Å². The van der Waals surface area contributed by atoms with Crippen molar-refractivity contribution >= 4 is 11.8 Å². The molecule has 1 aliphatic heterocycles. The van der Waals surface area contributed by atoms with Gasteiger partial charge in [0.25, 0.3) is 0 Å². The minimum atomic E-state index is -4.48. The third kappa shape index (κ3) is 5.18. The Labute approximate surface area is 172 Å². The quantitative estimate of drug-likeness (QED) is 0.746. The monoisotopic (exact) mass is 423 g/mol. The lowest BCUT2D eigenvalue weighted by molar-refractivity contribution is -0.140. The van der Waals surface area contributed by atoms with Crippen LogP contribution in [0.5, 0.6) is 0 Å². The summed E-state index contributed by atoms with van der Waals surface area (Å²) >= 11 is 0. The first-order chi connectivity index (χ1) is 14.1. The number of aromatic nitrogens is 2. The number of nitrogens with one attached hydrogen (secondary N) is 2. The highest BCUT2D eigenvalue weighted by molar-refractivity contribution is 5.88. The number of carbonyl (C=O) groups is 2. The maximum atomic E-state index is 13.3. The lowest BCUT2D eigenvalue weighted by Crippen LogP contribution is -2.56. The molecule has 1 aliphatic rings. The first kappa shape index (κ1) is 21.8. The summed E-state index contributed by atoms with van der Waals surface area (Å²) in [5.74, 6) is -0.0334. The second-order valence-electron chi connectivity index (χ2n) is 7.40. The van der Waals surface area contributed by atoms with Crippen LogP contribution in [-0.4, -0.2) is 57.8 Å². The van der Waals surface area contributed by atoms with E-state index >= 15 is 0 Å². The molecule has 3 rings (SSSR count). The van der Waals surface area contributed by atoms with Crippen molar-refractivity contribution in [2.75, 3.05) is 20.1 Å². The van der Waals surface area contributed by atoms with E-state index < -0.39 is 17.8 Å². The minimum Gasteiger partial charge on any atom is -0.353 e. The molecule has 2 amide bonds. The van der Waals surface area contributed by atoms with Gasteiger partial charge in [-0.25, -0.2) is 4.98 Å². The zero-order chi connectivity index (χ0) is 21.9. The van der Waals surface area contributed by atoms with E-state index in [0.29, 0.717) is 18.9 Å². The fourth-order valence-electron chi connectivity index (χ4n) is 3.51. The number of imidazole rings is 1. The molecular weight excluding hydrogens is 399 g/mol. The number of halogens is 3. The van der Waals surface area contributed by atoms with Crippen LogP contribution in [0.25, 0.3) is 0 Å². The molecule has 2 N–H and O–H groups in total. The van der Waals surface area contributed by atoms with Crippen LogP contribution >= 0.6 is 0 Å². The Morgan fingerprint density at radius 2 is 2.07 bits per heavy atom. The van der Waals surface area contributed by atoms with E-state index in [2.05, 4.69) is 15.3 Å². The molecule has 1 atom stereocenters. The Kier molecular flexibility index (Phi) is 6.45. The molecule has 2 aromatic rings. The van der Waals surface area contributed by atoms with Crippen molar-refractivity contribution in [1.29, 1.82) is 0 Å². The predicted molar refractivity (Wildman–Crippen MR) is 103 cm³/mol. The lowest BCUT2D eigenvalue weighted by Gasteiger charge is -2.35. The van der Waals surface area contributed by atoms with E-state index in [1.165, 1.54) is 23.1 Å². The number of H-pyrrole nitrogens is 1. The number of carbonyl (C=O) groups excluding carboxylic acids is 2. The summed E-state index contributed by atoms with van der Waals surface area (Å²) in [6, 6.07) is 4.46. The van der Waals surface area contributed by atoms with Gasteiger partial charge in [-0.1, -0.05) is 18.2 Å². The molecule has 0 bridgehead atoms. The maximum absolute atomic E-state index is 13.3. The van der Waals surface area contributed by atoms with Gasteiger partial charge in [0.15, 0.2) is 0 Å². The normalized spacial score (nSPS) is 17.6. The molecule has 1 aromatic carbocycles. The van der Waals surface area contributed by atoms with Gasteiger partial charge in [0, 0.05) is 38.6 Å². The number of rotatable bonds is 6. The predicted octanol–water partition coefficient (Wildman–Crippen LogP) is 2.09. The molecule has 1 fully saturated rings. The number of nitrogens with zero attached hydrogens (tertiary/aromatic N) is 3. The van der Waals surface area contributed by atoms with Gasteiger partial charge in [-0.05, 0) is 18.6 Å². The molecule has 0 spiro atoms. The fourth-order valence-corrected chi connectivity index (χ4v) is 3.51. The zero-order valence-electron chi connectivity index (χ0n) is 16.8. The van der Waals surface area contributed by atoms with E-state index in [0.717, 1.165) is 11.8 Å². The molecule has 0 radical (unpaired) electrons. The number of benzene rings is 1. The Morgan fingerprint density at radius 3 is 2.73 bits per heavy atom. The molecule has 0 aliphatic carbocycles. The summed E-state index contributed by atoms with van der Waals surface area (Å²) in [7, 11) is 1.60. The highest BCUT2D eigenvalue weighted by Gasteiger charge is 2.36. The first-order valence-electron chi connectivity index (χ1n) is 9.56. The second kappa shape index (κ2) is 8.86. The van der Waals surface area contributed by atoms with Crippen LogP contribution in [0.2, 0.25) is 0 Å². The number of alkyl halides is 3. The summed E-state index contributed by atoms with van der Waals surface area (Å²) in [6.45, 7) is 2.71. The van der Waals surface area contributed by atoms with Crippen LogP contribution in [0, 0.1) is 6.92 Å². The van der Waals surface area contributed by atoms with Crippen LogP contribution in [0.3, 0.4) is 0 Å². The molecule has 2 heterocycles. The average molecular weight is 423 g/mol. The first-order valence-corrected chi connectivity index (χ1v) is 9.56. The van der Waals surface area contributed by atoms with Gasteiger partial charge < -0.3 is 15.2 Å². The zero-order valence-corrected chi connectivity index (χ0v) is 16.8. The molecule has 10 heteroatoms. The van der Waals surface area contributed by atoms with Crippen LogP contribution in [0.15, 0.2) is 30.5 Å². The van der Waals surface area contributed by atoms with Crippen LogP contribution in [0.4, 0.5) is 13.2 Å². The second-order valence-corrected chi connectivity index (χ2v) is 7.40. The lowest BCUT2D eigenvalue weighted by atomic mass is 10.0. The van der Waals surface area contributed by atoms with Crippen molar-refractivity contribution in [2.24, 2.45) is 0 Å². The van der Waals surface area contributed by atoms with Crippen molar-refractivity contribution in [2.45, 2.75) is 38.7 Å². The smallest absolute Gasteiger partial charge is 0.353 e. The summed E-state index contributed by atoms with van der Waals surface area (Å²) in [5.41, 5.74) is 0.218. The van der Waals surface area contributed by atoms with Gasteiger partial charge in [0.2, 0.25) is 11.8 Å². The molecule has 1 aromatic heterocycles. The van der Waals surface area contributed by atoms with Gasteiger partial charge in [-0.15, -0.1) is 0 Å². The van der Waals surface area contributed by atoms with Gasteiger partial charge in [0.05, 0.1) is 24.6 Å². The van der Waals surface area contributed by atoms with E-state index in [1.54, 1.807) is 18.1 Å². The van der Waals surface area contributed by atoms with Crippen molar-refractivity contribution in [3.05, 3.63) is 53.1 Å². The molecule has 162 valence electrons. The number of aromatic amines is 1. The molecular formula is C20H24F3N5O2. The third-order valence-electron chi connectivity index (χ3n) is 5.07. The summed E-state index contributed by atoms with van der Waals surface area (Å²) in [6.07, 6.45) is -2.96. The minimum absolute atomic E-state index is 0.0673. The summed E-state index contributed by atoms with van der Waals surface area (Å²) < 4.78 is 40.0. The van der Waals surface area contributed by atoms with E-state index in [1.807, 2.05) is 6.92 Å². The largest absolute Gasteiger partial charge is 0.416 e. The van der Waals surface area contributed by atoms with Crippen LogP contribution in [-0.2, 0) is 28.9 Å². The third-order valence-corrected chi connectivity index (χ3v) is 5.07. The molecule has 30 heavy (non-hydrogen) atoms. The van der Waals surface area contributed by atoms with Gasteiger partial charge in [-0.3, -0.25) is 14.5 Å². The van der Waals surface area contributed by atoms with Crippen molar-refractivity contribution < 1.29 is 22.8 Å². The number of amides is 2. The Balaban J connectivity index is 1.72. The SMILES string of the molecule is Cc1cnc(CN(C)C(=O)C[C@@H]2C(=O)NCCN2Cc2ccccc2C(F)(F)F)[nH]1. The number of hydrogen-bond acceptors (Lipinski definition) is 4. The average Bonchev–Trinajstić information content (AvgIpc) is 3.08. The maximum Gasteiger partial charge on any atom is 0.416 e. The molecule has 1 saturated heterocycles. The Bertz CT molecular complexity index is 912.